The molecule has 4 saturated carbocycles. The number of hydrogen-bond acceptors (Lipinski definition) is 7. The number of nitrogens with one attached hydrogen (secondary N) is 2. The number of aliphatic hydroxyl groups is 1. The van der Waals surface area contributed by atoms with E-state index in [4.69, 9.17) is 15.4 Å². The third kappa shape index (κ3) is 8.36. The fraction of sp³-hybridized carbons (Fsp3) is 1.00. The Morgan fingerprint density at radius 2 is 1.72 bits per heavy atom. The summed E-state index contributed by atoms with van der Waals surface area (Å²) in [5, 5.41) is 19.2. The Morgan fingerprint density at radius 1 is 1.00 bits per heavy atom. The highest BCUT2D eigenvalue weighted by Gasteiger charge is 2.62. The molecule has 9 heteroatoms. The summed E-state index contributed by atoms with van der Waals surface area (Å²) in [7, 11) is -4.92. The van der Waals surface area contributed by atoms with E-state index in [2.05, 4.69) is 31.4 Å². The summed E-state index contributed by atoms with van der Waals surface area (Å²) < 4.78 is 69.3. The molecule has 6 N–H and O–H groups in total. The summed E-state index contributed by atoms with van der Waals surface area (Å²) in [5.41, 5.74) is 5.86. The lowest BCUT2D eigenvalue weighted by Gasteiger charge is -2.62. The number of fused-ring (bicyclic) bond motifs is 5. The summed E-state index contributed by atoms with van der Waals surface area (Å²) in [6, 6.07) is 0.518. The Kier molecular flexibility index (Phi) is 10.5. The Labute approximate surface area is 269 Å². The van der Waals surface area contributed by atoms with Crippen LogP contribution in [0.1, 0.15) is 124 Å². The first-order valence-electron chi connectivity index (χ1n) is 19.3. The number of aliphatic hydroxyl groups excluding tert-OH is 1. The molecule has 0 heterocycles. The molecule has 0 aromatic carbocycles. The Bertz CT molecular complexity index is 1130. The zero-order chi connectivity index (χ0) is 34.8. The van der Waals surface area contributed by atoms with Crippen molar-refractivity contribution in [1.82, 2.24) is 10.6 Å². The van der Waals surface area contributed by atoms with Gasteiger partial charge in [-0.3, -0.25) is 4.55 Å². The molecule has 8 nitrogen and oxygen atoms in total. The second-order valence-electron chi connectivity index (χ2n) is 15.3. The molecular formula is C34H65N3O5S. The standard InChI is InChI=1S/C34H65N3O5S/c1-23(2)31(42-43(39,40)41)12-9-24(3)27-10-11-28-32-29(14-16-34(27,28)5)33(4)15-13-26(21-25(33)22-30(32)38)37-20-8-19-36-18-7-6-17-35/h23-32,36-38H,6-22,35H2,1-5H3,(H,39,40,41)/t24-,25-,26+,27-,28?,29?,30-,31?,32?,33+,34-/m1/s1/i1D3,23D/t23?,24-,25-,26+,27-,28?,29?,30-,31?,32?,33+,34-. The van der Waals surface area contributed by atoms with Crippen LogP contribution in [0.4, 0.5) is 0 Å². The van der Waals surface area contributed by atoms with Crippen molar-refractivity contribution in [3.63, 3.8) is 0 Å². The second kappa shape index (κ2) is 15.1. The van der Waals surface area contributed by atoms with Gasteiger partial charge < -0.3 is 21.5 Å². The van der Waals surface area contributed by atoms with Gasteiger partial charge in [0.1, 0.15) is 0 Å². The van der Waals surface area contributed by atoms with Gasteiger partial charge in [-0.1, -0.05) is 34.5 Å². The number of hydrogen-bond donors (Lipinski definition) is 5. The van der Waals surface area contributed by atoms with Crippen molar-refractivity contribution in [2.45, 2.75) is 136 Å². The molecule has 4 fully saturated rings. The molecule has 0 spiro atoms. The van der Waals surface area contributed by atoms with Crippen LogP contribution in [-0.4, -0.2) is 62.5 Å². The average Bonchev–Trinajstić information content (AvgIpc) is 3.33. The molecule has 0 bridgehead atoms. The Balaban J connectivity index is 1.35. The van der Waals surface area contributed by atoms with Gasteiger partial charge in [0.25, 0.3) is 0 Å². The van der Waals surface area contributed by atoms with Crippen LogP contribution in [0.3, 0.4) is 0 Å². The highest BCUT2D eigenvalue weighted by atomic mass is 32.3. The lowest BCUT2D eigenvalue weighted by molar-refractivity contribution is -0.167. The molecule has 0 radical (unpaired) electrons. The van der Waals surface area contributed by atoms with E-state index in [0.717, 1.165) is 90.9 Å². The fourth-order valence-corrected chi connectivity index (χ4v) is 11.1. The summed E-state index contributed by atoms with van der Waals surface area (Å²) in [6.07, 6.45) is 10.8. The fourth-order valence-electron chi connectivity index (χ4n) is 10.5. The smallest absolute Gasteiger partial charge is 0.393 e. The van der Waals surface area contributed by atoms with Gasteiger partial charge in [-0.2, -0.15) is 8.42 Å². The lowest BCUT2D eigenvalue weighted by Crippen LogP contribution is -2.59. The number of nitrogens with two attached hydrogens (primary N) is 1. The maximum absolute atomic E-state index is 11.8. The molecule has 252 valence electrons. The average molecular weight is 632 g/mol. The molecule has 4 aliphatic rings. The third-order valence-corrected chi connectivity index (χ3v) is 13.3. The van der Waals surface area contributed by atoms with Gasteiger partial charge in [0, 0.05) is 11.5 Å². The molecule has 0 aromatic rings. The molecule has 0 aromatic heterocycles. The van der Waals surface area contributed by atoms with E-state index < -0.39 is 29.2 Å². The van der Waals surface area contributed by atoms with Gasteiger partial charge in [-0.25, -0.2) is 4.18 Å². The molecular weight excluding hydrogens is 562 g/mol. The molecule has 4 aliphatic carbocycles. The van der Waals surface area contributed by atoms with Crippen molar-refractivity contribution in [2.75, 3.05) is 26.2 Å². The first-order chi connectivity index (χ1) is 21.8. The van der Waals surface area contributed by atoms with E-state index in [1.54, 1.807) is 0 Å². The zero-order valence-electron chi connectivity index (χ0n) is 31.3. The third-order valence-electron chi connectivity index (χ3n) is 12.8. The normalized spacial score (nSPS) is 42.3. The summed E-state index contributed by atoms with van der Waals surface area (Å²) in [5.74, 6) is 0.0328. The van der Waals surface area contributed by atoms with Crippen LogP contribution in [0.25, 0.3) is 0 Å². The van der Waals surface area contributed by atoms with E-state index in [9.17, 15) is 18.1 Å². The monoisotopic (exact) mass is 631 g/mol. The largest absolute Gasteiger partial charge is 0.397 e. The van der Waals surface area contributed by atoms with Gasteiger partial charge in [-0.15, -0.1) is 0 Å². The quantitative estimate of drug-likeness (QED) is 0.111. The molecule has 12 atom stereocenters. The van der Waals surface area contributed by atoms with Gasteiger partial charge in [0.05, 0.1) is 12.2 Å². The van der Waals surface area contributed by atoms with Crippen molar-refractivity contribution in [2.24, 2.45) is 58.0 Å². The van der Waals surface area contributed by atoms with Crippen molar-refractivity contribution >= 4 is 10.4 Å². The minimum Gasteiger partial charge on any atom is -0.393 e. The lowest BCUT2D eigenvalue weighted by atomic mass is 9.43. The highest BCUT2D eigenvalue weighted by Crippen LogP contribution is 2.68. The van der Waals surface area contributed by atoms with Crippen molar-refractivity contribution in [3.8, 4) is 0 Å². The molecule has 4 rings (SSSR count). The van der Waals surface area contributed by atoms with Gasteiger partial charge in [0.2, 0.25) is 0 Å². The maximum atomic E-state index is 11.8. The second-order valence-corrected chi connectivity index (χ2v) is 16.3. The first-order valence-corrected chi connectivity index (χ1v) is 18.7. The van der Waals surface area contributed by atoms with Crippen LogP contribution in [0.15, 0.2) is 0 Å². The first kappa shape index (κ1) is 30.1. The minimum absolute atomic E-state index is 0.0373. The Hall–Kier alpha value is -0.290. The van der Waals surface area contributed by atoms with Crippen molar-refractivity contribution in [1.29, 1.82) is 0 Å². The van der Waals surface area contributed by atoms with Crippen LogP contribution in [0.5, 0.6) is 0 Å². The molecule has 0 aliphatic heterocycles. The van der Waals surface area contributed by atoms with Crippen molar-refractivity contribution in [3.05, 3.63) is 0 Å². The van der Waals surface area contributed by atoms with Crippen LogP contribution >= 0.6 is 0 Å². The predicted molar refractivity (Wildman–Crippen MR) is 174 cm³/mol. The highest BCUT2D eigenvalue weighted by molar-refractivity contribution is 7.80. The van der Waals surface area contributed by atoms with Gasteiger partial charge in [-0.05, 0) is 162 Å². The van der Waals surface area contributed by atoms with E-state index in [-0.39, 0.29) is 35.2 Å². The summed E-state index contributed by atoms with van der Waals surface area (Å²) in [6.45, 7) is 9.26. The molecule has 43 heavy (non-hydrogen) atoms. The topological polar surface area (TPSA) is 134 Å². The van der Waals surface area contributed by atoms with E-state index in [1.165, 1.54) is 12.8 Å². The van der Waals surface area contributed by atoms with Gasteiger partial charge in [0.15, 0.2) is 0 Å². The molecule has 0 saturated heterocycles. The van der Waals surface area contributed by atoms with Crippen LogP contribution in [0, 0.1) is 52.2 Å². The van der Waals surface area contributed by atoms with Crippen LogP contribution in [-0.2, 0) is 14.6 Å². The zero-order valence-corrected chi connectivity index (χ0v) is 28.1. The minimum atomic E-state index is -4.92. The molecule has 5 unspecified atom stereocenters. The van der Waals surface area contributed by atoms with E-state index >= 15 is 0 Å². The van der Waals surface area contributed by atoms with Gasteiger partial charge >= 0.3 is 10.4 Å². The molecule has 0 amide bonds. The van der Waals surface area contributed by atoms with Crippen LogP contribution in [0.2, 0.25) is 0 Å². The summed E-state index contributed by atoms with van der Waals surface area (Å²) >= 11 is 0. The number of rotatable bonds is 16. The number of unbranched alkanes of at least 4 members (excludes halogenated alkanes) is 1. The Morgan fingerprint density at radius 3 is 2.44 bits per heavy atom. The maximum Gasteiger partial charge on any atom is 0.397 e. The van der Waals surface area contributed by atoms with Crippen molar-refractivity contribution < 1.29 is 27.7 Å². The summed E-state index contributed by atoms with van der Waals surface area (Å²) in [4.78, 5) is 0. The van der Waals surface area contributed by atoms with Crippen LogP contribution < -0.4 is 16.4 Å². The SMILES string of the molecule is [2H]C([2H])([2H])C([2H])(C)C(CC[C@@H](C)[C@H]1CCC2C3C(CC[C@@]21C)[C@@]1(C)CC[C@H](NCCCNCCCCN)C[C@@H]1C[C@H]3O)OS(=O)(=O)O. The van der Waals surface area contributed by atoms with E-state index in [1.807, 2.05) is 0 Å². The predicted octanol–water partition coefficient (Wildman–Crippen LogP) is 5.55. The van der Waals surface area contributed by atoms with E-state index in [0.29, 0.717) is 36.1 Å².